The van der Waals surface area contributed by atoms with Crippen LogP contribution in [-0.4, -0.2) is 48.3 Å². The van der Waals surface area contributed by atoms with Gasteiger partial charge in [0.05, 0.1) is 25.9 Å². The Bertz CT molecular complexity index is 111. The molecule has 3 unspecified atom stereocenters. The van der Waals surface area contributed by atoms with Crippen molar-refractivity contribution < 1.29 is 19.7 Å². The van der Waals surface area contributed by atoms with Crippen LogP contribution in [0, 0.1) is 0 Å². The number of hydrogen-bond donors (Lipinski definition) is 2. The molecule has 11 heavy (non-hydrogen) atoms. The number of aliphatic hydroxyl groups excluding tert-OH is 2. The summed E-state index contributed by atoms with van der Waals surface area (Å²) in [4.78, 5) is 0. The molecule has 2 heterocycles. The van der Waals surface area contributed by atoms with E-state index in [1.54, 1.807) is 0 Å². The van der Waals surface area contributed by atoms with Crippen molar-refractivity contribution in [2.24, 2.45) is 0 Å². The molecule has 2 saturated heterocycles. The predicted molar refractivity (Wildman–Crippen MR) is 38.2 cm³/mol. The van der Waals surface area contributed by atoms with E-state index >= 15 is 0 Å². The highest BCUT2D eigenvalue weighted by Gasteiger charge is 2.48. The Balaban J connectivity index is 0.000000134. The summed E-state index contributed by atoms with van der Waals surface area (Å²) in [5.74, 6) is 0. The van der Waals surface area contributed by atoms with Crippen molar-refractivity contribution in [2.45, 2.75) is 25.2 Å². The van der Waals surface area contributed by atoms with Gasteiger partial charge in [-0.1, -0.05) is 0 Å². The van der Waals surface area contributed by atoms with Crippen LogP contribution >= 0.6 is 0 Å². The van der Waals surface area contributed by atoms with E-state index in [0.29, 0.717) is 18.3 Å². The van der Waals surface area contributed by atoms with Crippen LogP contribution in [0.4, 0.5) is 0 Å². The third-order valence-corrected chi connectivity index (χ3v) is 1.58. The Morgan fingerprint density at radius 1 is 1.36 bits per heavy atom. The van der Waals surface area contributed by atoms with E-state index in [1.807, 2.05) is 0 Å². The lowest BCUT2D eigenvalue weighted by Crippen LogP contribution is -1.97. The Labute approximate surface area is 65.7 Å². The molecule has 0 aromatic carbocycles. The van der Waals surface area contributed by atoms with E-state index in [4.69, 9.17) is 19.7 Å². The number of aliphatic hydroxyl groups is 2. The van der Waals surface area contributed by atoms with Crippen LogP contribution < -0.4 is 0 Å². The second kappa shape index (κ2) is 4.01. The number of rotatable bonds is 2. The fraction of sp³-hybridized carbons (Fsp3) is 1.00. The van der Waals surface area contributed by atoms with Crippen LogP contribution in [-0.2, 0) is 9.47 Å². The van der Waals surface area contributed by atoms with Crippen LogP contribution in [0.2, 0.25) is 0 Å². The second-order valence-electron chi connectivity index (χ2n) is 2.62. The lowest BCUT2D eigenvalue weighted by Gasteiger charge is -1.73. The lowest BCUT2D eigenvalue weighted by atomic mass is 10.3. The summed E-state index contributed by atoms with van der Waals surface area (Å²) in [5, 5.41) is 15.2. The van der Waals surface area contributed by atoms with Gasteiger partial charge in [-0.05, 0) is 6.92 Å². The minimum absolute atomic E-state index is 0.125. The minimum atomic E-state index is -0.125. The van der Waals surface area contributed by atoms with Crippen molar-refractivity contribution in [3.8, 4) is 0 Å². The third kappa shape index (κ3) is 3.16. The molecule has 0 amide bonds. The van der Waals surface area contributed by atoms with E-state index in [1.165, 1.54) is 0 Å². The summed E-state index contributed by atoms with van der Waals surface area (Å²) >= 11 is 0. The topological polar surface area (TPSA) is 65.5 Å². The van der Waals surface area contributed by atoms with E-state index in [0.717, 1.165) is 6.61 Å². The lowest BCUT2D eigenvalue weighted by molar-refractivity contribution is 0.186. The smallest absolute Gasteiger partial charge is 0.112 e. The first kappa shape index (κ1) is 8.93. The molecule has 0 saturated carbocycles. The molecule has 0 radical (unpaired) electrons. The molecule has 4 heteroatoms. The summed E-state index contributed by atoms with van der Waals surface area (Å²) in [6, 6.07) is 0. The number of hydrogen-bond acceptors (Lipinski definition) is 4. The quantitative estimate of drug-likeness (QED) is 0.519. The highest BCUT2D eigenvalue weighted by Crippen LogP contribution is 2.32. The molecule has 2 rings (SSSR count). The molecular formula is C7H14O4. The maximum atomic E-state index is 7.62. The maximum Gasteiger partial charge on any atom is 0.112 e. The molecule has 0 aromatic heterocycles. The second-order valence-corrected chi connectivity index (χ2v) is 2.62. The molecule has 0 aromatic rings. The Kier molecular flexibility index (Phi) is 3.26. The molecule has 0 spiro atoms. The van der Waals surface area contributed by atoms with Gasteiger partial charge in [0, 0.05) is 0 Å². The van der Waals surface area contributed by atoms with Crippen molar-refractivity contribution in [3.05, 3.63) is 0 Å². The third-order valence-electron chi connectivity index (χ3n) is 1.58. The first-order valence-corrected chi connectivity index (χ1v) is 3.78. The zero-order chi connectivity index (χ0) is 8.27. The summed E-state index contributed by atoms with van der Waals surface area (Å²) in [6.45, 7) is 2.75. The Morgan fingerprint density at radius 2 is 1.82 bits per heavy atom. The van der Waals surface area contributed by atoms with Gasteiger partial charge < -0.3 is 19.7 Å². The summed E-state index contributed by atoms with van der Waals surface area (Å²) in [7, 11) is 0. The molecule has 3 atom stereocenters. The van der Waals surface area contributed by atoms with Gasteiger partial charge in [0.2, 0.25) is 0 Å². The first-order valence-electron chi connectivity index (χ1n) is 3.78. The Morgan fingerprint density at radius 3 is 1.91 bits per heavy atom. The standard InChI is InChI=1S/C5H8O2.C2H6O2/c1-3-5(7-3)4-2-6-4;3-1-2-4/h3-5H,2H2,1H3;3-4H,1-2H2. The molecule has 66 valence electrons. The van der Waals surface area contributed by atoms with Gasteiger partial charge >= 0.3 is 0 Å². The van der Waals surface area contributed by atoms with Gasteiger partial charge in [0.25, 0.3) is 0 Å². The van der Waals surface area contributed by atoms with Gasteiger partial charge in [-0.3, -0.25) is 0 Å². The highest BCUT2D eigenvalue weighted by molar-refractivity contribution is 4.93. The highest BCUT2D eigenvalue weighted by atomic mass is 16.7. The van der Waals surface area contributed by atoms with Crippen LogP contribution in [0.5, 0.6) is 0 Å². The first-order chi connectivity index (χ1) is 5.29. The minimum Gasteiger partial charge on any atom is -0.394 e. The zero-order valence-corrected chi connectivity index (χ0v) is 6.56. The molecule has 4 nitrogen and oxygen atoms in total. The van der Waals surface area contributed by atoms with Crippen LogP contribution in [0.15, 0.2) is 0 Å². The predicted octanol–water partition coefficient (Wildman–Crippen LogP) is -0.857. The van der Waals surface area contributed by atoms with Gasteiger partial charge in [-0.2, -0.15) is 0 Å². The molecule has 2 fully saturated rings. The van der Waals surface area contributed by atoms with Crippen molar-refractivity contribution in [2.75, 3.05) is 19.8 Å². The van der Waals surface area contributed by atoms with Crippen molar-refractivity contribution in [3.63, 3.8) is 0 Å². The number of epoxide rings is 2. The average molecular weight is 162 g/mol. The average Bonchev–Trinajstić information content (AvgIpc) is 2.81. The number of ether oxygens (including phenoxy) is 2. The largest absolute Gasteiger partial charge is 0.394 e. The zero-order valence-electron chi connectivity index (χ0n) is 6.56. The molecule has 0 aliphatic carbocycles. The maximum absolute atomic E-state index is 7.62. The van der Waals surface area contributed by atoms with E-state index in [9.17, 15) is 0 Å². The molecule has 2 aliphatic heterocycles. The SMILES string of the molecule is CC1OC1C1CO1.OCCO. The van der Waals surface area contributed by atoms with Crippen molar-refractivity contribution in [1.29, 1.82) is 0 Å². The van der Waals surface area contributed by atoms with Gasteiger partial charge in [-0.25, -0.2) is 0 Å². The van der Waals surface area contributed by atoms with Gasteiger partial charge in [-0.15, -0.1) is 0 Å². The molecular weight excluding hydrogens is 148 g/mol. The molecule has 2 aliphatic rings. The van der Waals surface area contributed by atoms with Crippen LogP contribution in [0.1, 0.15) is 6.92 Å². The summed E-state index contributed by atoms with van der Waals surface area (Å²) < 4.78 is 10.1. The monoisotopic (exact) mass is 162 g/mol. The van der Waals surface area contributed by atoms with Gasteiger partial charge in [0.1, 0.15) is 12.2 Å². The fourth-order valence-electron chi connectivity index (χ4n) is 0.838. The van der Waals surface area contributed by atoms with E-state index < -0.39 is 0 Å². The van der Waals surface area contributed by atoms with Crippen molar-refractivity contribution in [1.82, 2.24) is 0 Å². The van der Waals surface area contributed by atoms with Crippen LogP contribution in [0.3, 0.4) is 0 Å². The summed E-state index contributed by atoms with van der Waals surface area (Å²) in [5.41, 5.74) is 0. The van der Waals surface area contributed by atoms with Crippen LogP contribution in [0.25, 0.3) is 0 Å². The fourth-order valence-corrected chi connectivity index (χ4v) is 0.838. The Hall–Kier alpha value is -0.160. The molecule has 0 bridgehead atoms. The normalized spacial score (nSPS) is 39.0. The van der Waals surface area contributed by atoms with Gasteiger partial charge in [0.15, 0.2) is 0 Å². The van der Waals surface area contributed by atoms with Crippen molar-refractivity contribution >= 4 is 0 Å². The van der Waals surface area contributed by atoms with E-state index in [2.05, 4.69) is 6.92 Å². The summed E-state index contributed by atoms with van der Waals surface area (Å²) in [6.07, 6.45) is 1.41. The van der Waals surface area contributed by atoms with E-state index in [-0.39, 0.29) is 13.2 Å². The molecule has 2 N–H and O–H groups in total.